The third-order valence-electron chi connectivity index (χ3n) is 3.72. The minimum Gasteiger partial charge on any atom is -0.258 e. The number of benzene rings is 2. The zero-order valence-corrected chi connectivity index (χ0v) is 14.5. The van der Waals surface area contributed by atoms with Crippen molar-refractivity contribution >= 4 is 11.8 Å². The van der Waals surface area contributed by atoms with Gasteiger partial charge in [0.1, 0.15) is 5.25 Å². The van der Waals surface area contributed by atoms with Crippen LogP contribution in [0.15, 0.2) is 53.7 Å². The summed E-state index contributed by atoms with van der Waals surface area (Å²) >= 11 is 1.39. The van der Waals surface area contributed by atoms with Crippen LogP contribution < -0.4 is 0 Å². The van der Waals surface area contributed by atoms with Gasteiger partial charge in [0.15, 0.2) is 5.82 Å². The summed E-state index contributed by atoms with van der Waals surface area (Å²) in [5, 5.41) is 17.0. The molecule has 1 aromatic heterocycles. The van der Waals surface area contributed by atoms with E-state index >= 15 is 0 Å². The average molecular weight is 334 g/mol. The Bertz CT molecular complexity index is 844. The van der Waals surface area contributed by atoms with Crippen LogP contribution in [0.3, 0.4) is 0 Å². The maximum absolute atomic E-state index is 9.42. The molecule has 1 N–H and O–H groups in total. The van der Waals surface area contributed by atoms with E-state index < -0.39 is 0 Å². The van der Waals surface area contributed by atoms with Crippen LogP contribution in [0.25, 0.3) is 11.4 Å². The van der Waals surface area contributed by atoms with Gasteiger partial charge in [0.25, 0.3) is 0 Å². The zero-order valence-electron chi connectivity index (χ0n) is 13.7. The van der Waals surface area contributed by atoms with Crippen LogP contribution in [-0.4, -0.2) is 20.4 Å². The molecule has 0 radical (unpaired) electrons. The Labute approximate surface area is 146 Å². The van der Waals surface area contributed by atoms with Crippen LogP contribution in [-0.2, 0) is 6.42 Å². The standard InChI is InChI=1S/C19H18N4S/c1-13-3-7-15(8-4-13)11-17(12-20)24-19-21-18(22-23-19)16-9-5-14(2)6-10-16/h3-10,17H,11H2,1-2H3,(H,21,22,23)/t17-/m0/s1. The number of thioether (sulfide) groups is 1. The van der Waals surface area contributed by atoms with E-state index in [1.807, 2.05) is 31.2 Å². The number of rotatable bonds is 5. The highest BCUT2D eigenvalue weighted by atomic mass is 32.2. The molecule has 0 aliphatic rings. The molecule has 0 bridgehead atoms. The fraction of sp³-hybridized carbons (Fsp3) is 0.211. The number of hydrogen-bond donors (Lipinski definition) is 1. The molecule has 120 valence electrons. The molecule has 3 rings (SSSR count). The second kappa shape index (κ2) is 7.33. The summed E-state index contributed by atoms with van der Waals surface area (Å²) in [6.07, 6.45) is 0.676. The highest BCUT2D eigenvalue weighted by Crippen LogP contribution is 2.25. The Morgan fingerprint density at radius 1 is 1.04 bits per heavy atom. The smallest absolute Gasteiger partial charge is 0.210 e. The van der Waals surface area contributed by atoms with Crippen LogP contribution in [0.1, 0.15) is 16.7 Å². The summed E-state index contributed by atoms with van der Waals surface area (Å²) in [5.41, 5.74) is 4.56. The van der Waals surface area contributed by atoms with Crippen LogP contribution in [0.4, 0.5) is 0 Å². The van der Waals surface area contributed by atoms with E-state index in [-0.39, 0.29) is 5.25 Å². The second-order valence-electron chi connectivity index (χ2n) is 5.76. The maximum Gasteiger partial charge on any atom is 0.210 e. The van der Waals surface area contributed by atoms with E-state index in [0.29, 0.717) is 11.6 Å². The highest BCUT2D eigenvalue weighted by molar-refractivity contribution is 8.00. The van der Waals surface area contributed by atoms with Gasteiger partial charge >= 0.3 is 0 Å². The molecule has 0 aliphatic heterocycles. The normalized spacial score (nSPS) is 11.9. The molecular weight excluding hydrogens is 316 g/mol. The Hall–Kier alpha value is -2.58. The average Bonchev–Trinajstić information content (AvgIpc) is 3.05. The molecule has 2 aromatic carbocycles. The Balaban J connectivity index is 1.69. The number of nitriles is 1. The summed E-state index contributed by atoms with van der Waals surface area (Å²) in [4.78, 5) is 4.50. The Morgan fingerprint density at radius 2 is 1.67 bits per heavy atom. The third kappa shape index (κ3) is 4.03. The van der Waals surface area contributed by atoms with Crippen LogP contribution >= 0.6 is 11.8 Å². The summed E-state index contributed by atoms with van der Waals surface area (Å²) < 4.78 is 0. The molecule has 0 saturated carbocycles. The van der Waals surface area contributed by atoms with E-state index in [2.05, 4.69) is 52.4 Å². The van der Waals surface area contributed by atoms with Gasteiger partial charge in [0, 0.05) is 5.56 Å². The molecule has 0 saturated heterocycles. The van der Waals surface area contributed by atoms with Gasteiger partial charge in [-0.1, -0.05) is 71.4 Å². The van der Waals surface area contributed by atoms with E-state index in [4.69, 9.17) is 0 Å². The number of H-pyrrole nitrogens is 1. The van der Waals surface area contributed by atoms with Gasteiger partial charge in [-0.15, -0.1) is 5.10 Å². The first-order chi connectivity index (χ1) is 11.6. The number of nitrogens with zero attached hydrogens (tertiary/aromatic N) is 3. The van der Waals surface area contributed by atoms with Crippen molar-refractivity contribution in [3.63, 3.8) is 0 Å². The number of aromatic amines is 1. The van der Waals surface area contributed by atoms with E-state index in [1.165, 1.54) is 22.9 Å². The monoisotopic (exact) mass is 334 g/mol. The summed E-state index contributed by atoms with van der Waals surface area (Å²) in [7, 11) is 0. The molecule has 0 amide bonds. The first-order valence-corrected chi connectivity index (χ1v) is 8.63. The first kappa shape index (κ1) is 16.3. The van der Waals surface area contributed by atoms with Crippen LogP contribution in [0.2, 0.25) is 0 Å². The minimum atomic E-state index is -0.214. The number of aromatic nitrogens is 3. The molecule has 0 spiro atoms. The summed E-state index contributed by atoms with van der Waals surface area (Å²) in [6, 6.07) is 18.7. The minimum absolute atomic E-state index is 0.214. The van der Waals surface area contributed by atoms with E-state index in [9.17, 15) is 5.26 Å². The molecule has 3 aromatic rings. The molecule has 0 aliphatic carbocycles. The lowest BCUT2D eigenvalue weighted by Crippen LogP contribution is -2.04. The second-order valence-corrected chi connectivity index (χ2v) is 6.93. The van der Waals surface area contributed by atoms with Crippen molar-refractivity contribution in [1.82, 2.24) is 15.2 Å². The molecular formula is C19H18N4S. The van der Waals surface area contributed by atoms with Crippen molar-refractivity contribution in [3.8, 4) is 17.5 Å². The van der Waals surface area contributed by atoms with Crippen molar-refractivity contribution in [2.45, 2.75) is 30.7 Å². The first-order valence-electron chi connectivity index (χ1n) is 7.75. The van der Waals surface area contributed by atoms with Crippen molar-refractivity contribution in [3.05, 3.63) is 65.2 Å². The van der Waals surface area contributed by atoms with Gasteiger partial charge in [-0.2, -0.15) is 5.26 Å². The van der Waals surface area contributed by atoms with E-state index in [0.717, 1.165) is 17.0 Å². The lowest BCUT2D eigenvalue weighted by Gasteiger charge is -2.06. The van der Waals surface area contributed by atoms with Crippen molar-refractivity contribution in [2.75, 3.05) is 0 Å². The van der Waals surface area contributed by atoms with Gasteiger partial charge in [-0.25, -0.2) is 4.98 Å². The molecule has 1 heterocycles. The molecule has 0 unspecified atom stereocenters. The Morgan fingerprint density at radius 3 is 2.29 bits per heavy atom. The number of aryl methyl sites for hydroxylation is 2. The van der Waals surface area contributed by atoms with E-state index in [1.54, 1.807) is 0 Å². The maximum atomic E-state index is 9.42. The topological polar surface area (TPSA) is 65.4 Å². The van der Waals surface area contributed by atoms with Crippen LogP contribution in [0, 0.1) is 25.2 Å². The largest absolute Gasteiger partial charge is 0.258 e. The fourth-order valence-corrected chi connectivity index (χ4v) is 3.14. The summed E-state index contributed by atoms with van der Waals surface area (Å²) in [6.45, 7) is 4.11. The molecule has 5 heteroatoms. The number of hydrogen-bond acceptors (Lipinski definition) is 4. The Kier molecular flexibility index (Phi) is 4.97. The molecule has 4 nitrogen and oxygen atoms in total. The van der Waals surface area contributed by atoms with Gasteiger partial charge < -0.3 is 0 Å². The fourth-order valence-electron chi connectivity index (χ4n) is 2.32. The predicted molar refractivity (Wildman–Crippen MR) is 96.7 cm³/mol. The predicted octanol–water partition coefficient (Wildman–Crippen LogP) is 4.32. The van der Waals surface area contributed by atoms with Crippen LogP contribution in [0.5, 0.6) is 0 Å². The molecule has 1 atom stereocenters. The zero-order chi connectivity index (χ0) is 16.9. The molecule has 24 heavy (non-hydrogen) atoms. The lowest BCUT2D eigenvalue weighted by molar-refractivity contribution is 0.954. The van der Waals surface area contributed by atoms with Crippen molar-refractivity contribution in [1.29, 1.82) is 5.26 Å². The van der Waals surface area contributed by atoms with Crippen molar-refractivity contribution < 1.29 is 0 Å². The van der Waals surface area contributed by atoms with Gasteiger partial charge in [-0.05, 0) is 25.8 Å². The number of nitrogens with one attached hydrogen (secondary N) is 1. The van der Waals surface area contributed by atoms with Gasteiger partial charge in [0.2, 0.25) is 5.16 Å². The van der Waals surface area contributed by atoms with Gasteiger partial charge in [-0.3, -0.25) is 5.10 Å². The highest BCUT2D eigenvalue weighted by Gasteiger charge is 2.14. The van der Waals surface area contributed by atoms with Gasteiger partial charge in [0.05, 0.1) is 6.07 Å². The molecule has 0 fully saturated rings. The lowest BCUT2D eigenvalue weighted by atomic mass is 10.1. The third-order valence-corrected chi connectivity index (χ3v) is 4.67. The SMILES string of the molecule is Cc1ccc(C[C@@H](C#N)Sc2n[nH]c(-c3ccc(C)cc3)n2)cc1. The summed E-state index contributed by atoms with van der Waals surface area (Å²) in [5.74, 6) is 0.726. The van der Waals surface area contributed by atoms with Crippen molar-refractivity contribution in [2.24, 2.45) is 0 Å². The quantitative estimate of drug-likeness (QED) is 0.706.